The number of benzene rings is 1. The smallest absolute Gasteiger partial charge is 0.277 e. The van der Waals surface area contributed by atoms with E-state index in [-0.39, 0.29) is 29.7 Å². The monoisotopic (exact) mass is 372 g/mol. The fourth-order valence-corrected chi connectivity index (χ4v) is 2.17. The summed E-state index contributed by atoms with van der Waals surface area (Å²) in [7, 11) is 0. The highest BCUT2D eigenvalue weighted by molar-refractivity contribution is 8.00. The number of carbonyl (C=O) groups is 2. The lowest BCUT2D eigenvalue weighted by atomic mass is 10.1. The Morgan fingerprint density at radius 1 is 1.23 bits per heavy atom. The van der Waals surface area contributed by atoms with Crippen molar-refractivity contribution in [3.8, 4) is 0 Å². The molecule has 0 unspecified atom stereocenters. The Bertz CT molecular complexity index is 501. The third-order valence-electron chi connectivity index (χ3n) is 2.48. The summed E-state index contributed by atoms with van der Waals surface area (Å²) in [5.41, 5.74) is 5.33. The van der Waals surface area contributed by atoms with Crippen LogP contribution in [0.1, 0.15) is 10.4 Å². The van der Waals surface area contributed by atoms with Gasteiger partial charge in [-0.1, -0.05) is 11.6 Å². The molecule has 124 valence electrons. The lowest BCUT2D eigenvalue weighted by Crippen LogP contribution is -2.42. The summed E-state index contributed by atoms with van der Waals surface area (Å²) >= 11 is 6.76. The maximum Gasteiger partial charge on any atom is 0.277 e. The molecule has 1 aromatic carbocycles. The van der Waals surface area contributed by atoms with Gasteiger partial charge in [-0.2, -0.15) is 0 Å². The van der Waals surface area contributed by atoms with Crippen LogP contribution in [0.15, 0.2) is 24.3 Å². The van der Waals surface area contributed by atoms with Crippen LogP contribution in [0.3, 0.4) is 0 Å². The van der Waals surface area contributed by atoms with Gasteiger partial charge in [0.05, 0.1) is 24.6 Å². The highest BCUT2D eigenvalue weighted by atomic mass is 35.5. The Kier molecular flexibility index (Phi) is 9.59. The van der Waals surface area contributed by atoms with Crippen molar-refractivity contribution in [2.75, 3.05) is 24.6 Å². The molecule has 1 aromatic rings. The van der Waals surface area contributed by atoms with Gasteiger partial charge in [-0.3, -0.25) is 9.59 Å². The fraction of sp³-hybridized carbons (Fsp3) is 0.385. The van der Waals surface area contributed by atoms with Crippen LogP contribution >= 0.6 is 35.8 Å². The van der Waals surface area contributed by atoms with E-state index in [2.05, 4.69) is 5.32 Å². The highest BCUT2D eigenvalue weighted by Gasteiger charge is 2.27. The van der Waals surface area contributed by atoms with Crippen molar-refractivity contribution in [3.63, 3.8) is 0 Å². The molecule has 0 aliphatic heterocycles. The molecule has 0 aliphatic carbocycles. The minimum absolute atomic E-state index is 0. The third-order valence-corrected chi connectivity index (χ3v) is 3.66. The summed E-state index contributed by atoms with van der Waals surface area (Å²) in [6.07, 6.45) is 0. The van der Waals surface area contributed by atoms with Gasteiger partial charge in [-0.15, -0.1) is 24.2 Å². The van der Waals surface area contributed by atoms with E-state index in [1.165, 1.54) is 0 Å². The Balaban J connectivity index is 0.00000441. The van der Waals surface area contributed by atoms with Gasteiger partial charge in [-0.05, 0) is 24.3 Å². The van der Waals surface area contributed by atoms with Gasteiger partial charge in [0.25, 0.3) is 5.92 Å². The molecule has 0 spiro atoms. The molecule has 0 saturated carbocycles. The van der Waals surface area contributed by atoms with Crippen molar-refractivity contribution in [2.24, 2.45) is 5.73 Å². The van der Waals surface area contributed by atoms with Crippen LogP contribution in [0, 0.1) is 0 Å². The third kappa shape index (κ3) is 7.93. The first-order valence-electron chi connectivity index (χ1n) is 6.05. The maximum atomic E-state index is 12.8. The molecular formula is C13H16Cl2F2N2O2S. The SMILES string of the molecule is Cl.NCC(F)(F)CNC(=O)CSCC(=O)c1ccc(Cl)cc1. The van der Waals surface area contributed by atoms with E-state index in [0.29, 0.717) is 10.6 Å². The first kappa shape index (κ1) is 21.1. The van der Waals surface area contributed by atoms with E-state index in [9.17, 15) is 18.4 Å². The standard InChI is InChI=1S/C13H15ClF2N2O2S.ClH/c14-10-3-1-9(2-4-10)11(19)5-21-6-12(20)18-8-13(15,16)7-17;/h1-4H,5-8,17H2,(H,18,20);1H. The molecule has 0 fully saturated rings. The molecule has 0 atom stereocenters. The van der Waals surface area contributed by atoms with Crippen LogP contribution in [0.2, 0.25) is 5.02 Å². The van der Waals surface area contributed by atoms with Gasteiger partial charge in [0, 0.05) is 10.6 Å². The van der Waals surface area contributed by atoms with Gasteiger partial charge < -0.3 is 11.1 Å². The summed E-state index contributed by atoms with van der Waals surface area (Å²) in [6, 6.07) is 6.38. The summed E-state index contributed by atoms with van der Waals surface area (Å²) < 4.78 is 25.6. The molecule has 0 aromatic heterocycles. The number of halogens is 4. The number of alkyl halides is 2. The zero-order valence-electron chi connectivity index (χ0n) is 11.5. The van der Waals surface area contributed by atoms with E-state index in [0.717, 1.165) is 11.8 Å². The second-order valence-corrected chi connectivity index (χ2v) is 5.68. The van der Waals surface area contributed by atoms with Crippen molar-refractivity contribution < 1.29 is 18.4 Å². The molecule has 0 aliphatic rings. The van der Waals surface area contributed by atoms with Gasteiger partial charge in [0.2, 0.25) is 5.91 Å². The van der Waals surface area contributed by atoms with Crippen molar-refractivity contribution in [3.05, 3.63) is 34.9 Å². The molecule has 9 heteroatoms. The van der Waals surface area contributed by atoms with Gasteiger partial charge in [0.1, 0.15) is 0 Å². The highest BCUT2D eigenvalue weighted by Crippen LogP contribution is 2.12. The number of thioether (sulfide) groups is 1. The molecular weight excluding hydrogens is 357 g/mol. The predicted octanol–water partition coefficient (Wildman–Crippen LogP) is 2.39. The summed E-state index contributed by atoms with van der Waals surface area (Å²) in [5.74, 6) is -3.81. The number of carbonyl (C=O) groups excluding carboxylic acids is 2. The summed E-state index contributed by atoms with van der Waals surface area (Å²) in [4.78, 5) is 23.1. The number of hydrogen-bond donors (Lipinski definition) is 2. The predicted molar refractivity (Wildman–Crippen MR) is 87.4 cm³/mol. The van der Waals surface area contributed by atoms with E-state index < -0.39 is 24.9 Å². The molecule has 1 rings (SSSR count). The van der Waals surface area contributed by atoms with Crippen molar-refractivity contribution in [1.82, 2.24) is 5.32 Å². The largest absolute Gasteiger partial charge is 0.349 e. The second kappa shape index (κ2) is 9.99. The van der Waals surface area contributed by atoms with Crippen LogP contribution in [0.25, 0.3) is 0 Å². The van der Waals surface area contributed by atoms with E-state index in [1.54, 1.807) is 24.3 Å². The molecule has 0 saturated heterocycles. The summed E-state index contributed by atoms with van der Waals surface area (Å²) in [6.45, 7) is -1.62. The number of nitrogens with two attached hydrogens (primary N) is 1. The van der Waals surface area contributed by atoms with Crippen LogP contribution in [-0.2, 0) is 4.79 Å². The van der Waals surface area contributed by atoms with E-state index in [4.69, 9.17) is 17.3 Å². The number of ketones is 1. The first-order chi connectivity index (χ1) is 9.84. The number of amides is 1. The second-order valence-electron chi connectivity index (χ2n) is 4.26. The first-order valence-corrected chi connectivity index (χ1v) is 7.58. The quantitative estimate of drug-likeness (QED) is 0.687. The zero-order chi connectivity index (χ0) is 15.9. The van der Waals surface area contributed by atoms with Gasteiger partial charge in [-0.25, -0.2) is 8.78 Å². The normalized spacial score (nSPS) is 10.7. The Morgan fingerprint density at radius 3 is 2.36 bits per heavy atom. The zero-order valence-corrected chi connectivity index (χ0v) is 13.9. The molecule has 4 nitrogen and oxygen atoms in total. The lowest BCUT2D eigenvalue weighted by Gasteiger charge is -2.14. The number of nitrogens with one attached hydrogen (secondary N) is 1. The number of hydrogen-bond acceptors (Lipinski definition) is 4. The molecule has 1 amide bonds. The Morgan fingerprint density at radius 2 is 1.82 bits per heavy atom. The van der Waals surface area contributed by atoms with E-state index in [1.807, 2.05) is 0 Å². The lowest BCUT2D eigenvalue weighted by molar-refractivity contribution is -0.120. The topological polar surface area (TPSA) is 72.2 Å². The molecule has 0 radical (unpaired) electrons. The number of Topliss-reactive ketones (excluding diaryl/α,β-unsaturated/α-hetero) is 1. The fourth-order valence-electron chi connectivity index (χ4n) is 1.31. The average Bonchev–Trinajstić information content (AvgIpc) is 2.46. The molecule has 0 heterocycles. The molecule has 22 heavy (non-hydrogen) atoms. The minimum atomic E-state index is -3.11. The minimum Gasteiger partial charge on any atom is -0.349 e. The molecule has 3 N–H and O–H groups in total. The van der Waals surface area contributed by atoms with Crippen molar-refractivity contribution in [2.45, 2.75) is 5.92 Å². The van der Waals surface area contributed by atoms with E-state index >= 15 is 0 Å². The Hall–Kier alpha value is -0.890. The van der Waals surface area contributed by atoms with Gasteiger partial charge in [0.15, 0.2) is 5.78 Å². The van der Waals surface area contributed by atoms with Gasteiger partial charge >= 0.3 is 0 Å². The number of rotatable bonds is 8. The van der Waals surface area contributed by atoms with Crippen molar-refractivity contribution >= 4 is 47.5 Å². The van der Waals surface area contributed by atoms with Crippen LogP contribution in [-0.4, -0.2) is 42.2 Å². The van der Waals surface area contributed by atoms with Crippen molar-refractivity contribution in [1.29, 1.82) is 0 Å². The van der Waals surface area contributed by atoms with Crippen LogP contribution in [0.5, 0.6) is 0 Å². The average molecular weight is 373 g/mol. The summed E-state index contributed by atoms with van der Waals surface area (Å²) in [5, 5.41) is 2.60. The Labute approximate surface area is 142 Å². The van der Waals surface area contributed by atoms with Crippen LogP contribution < -0.4 is 11.1 Å². The maximum absolute atomic E-state index is 12.8. The van der Waals surface area contributed by atoms with Crippen LogP contribution in [0.4, 0.5) is 8.78 Å². The molecule has 0 bridgehead atoms.